The molecule has 0 saturated carbocycles. The Morgan fingerprint density at radius 2 is 2.60 bits per heavy atom. The smallest absolute Gasteiger partial charge is 0.0622 e. The molecule has 0 radical (unpaired) electrons. The summed E-state index contributed by atoms with van der Waals surface area (Å²) in [7, 11) is 2.15. The van der Waals surface area contributed by atoms with Crippen molar-refractivity contribution in [1.82, 2.24) is 4.90 Å². The summed E-state index contributed by atoms with van der Waals surface area (Å²) in [4.78, 5) is 2.36. The second-order valence-corrected chi connectivity index (χ2v) is 4.77. The van der Waals surface area contributed by atoms with Gasteiger partial charge in [0.25, 0.3) is 0 Å². The van der Waals surface area contributed by atoms with Crippen LogP contribution in [0.2, 0.25) is 0 Å². The molecule has 2 atom stereocenters. The van der Waals surface area contributed by atoms with E-state index in [1.165, 1.54) is 5.56 Å². The molecule has 1 aliphatic heterocycles. The molecule has 0 bridgehead atoms. The van der Waals surface area contributed by atoms with Crippen molar-refractivity contribution in [3.05, 3.63) is 22.4 Å². The minimum atomic E-state index is 0.336. The van der Waals surface area contributed by atoms with Crippen molar-refractivity contribution in [1.29, 1.82) is 0 Å². The fraction of sp³-hybridized carbons (Fsp3) is 0.636. The van der Waals surface area contributed by atoms with E-state index >= 15 is 0 Å². The molecular formula is C11H18N2OS. The normalized spacial score (nSPS) is 23.5. The largest absolute Gasteiger partial charge is 0.380 e. The van der Waals surface area contributed by atoms with E-state index in [1.54, 1.807) is 11.3 Å². The Bertz CT molecular complexity index is 283. The van der Waals surface area contributed by atoms with Gasteiger partial charge in [0.2, 0.25) is 0 Å². The van der Waals surface area contributed by atoms with E-state index in [9.17, 15) is 0 Å². The van der Waals surface area contributed by atoms with Crippen LogP contribution in [0.25, 0.3) is 0 Å². The van der Waals surface area contributed by atoms with Crippen LogP contribution in [0, 0.1) is 0 Å². The molecule has 1 saturated heterocycles. The molecule has 84 valence electrons. The number of likely N-dealkylation sites (N-methyl/N-ethyl adjacent to an activating group) is 1. The zero-order valence-corrected chi connectivity index (χ0v) is 9.87. The lowest BCUT2D eigenvalue weighted by atomic mass is 10.1. The Kier molecular flexibility index (Phi) is 3.75. The maximum atomic E-state index is 5.85. The van der Waals surface area contributed by atoms with E-state index in [0.717, 1.165) is 19.6 Å². The van der Waals surface area contributed by atoms with Crippen molar-refractivity contribution in [2.75, 3.05) is 26.8 Å². The van der Waals surface area contributed by atoms with Gasteiger partial charge in [0, 0.05) is 25.2 Å². The van der Waals surface area contributed by atoms with Crippen LogP contribution in [-0.2, 0) is 4.74 Å². The van der Waals surface area contributed by atoms with Crippen LogP contribution in [0.1, 0.15) is 18.0 Å². The molecule has 1 aromatic heterocycles. The topological polar surface area (TPSA) is 38.5 Å². The first-order valence-electron chi connectivity index (χ1n) is 5.34. The highest BCUT2D eigenvalue weighted by molar-refractivity contribution is 7.07. The van der Waals surface area contributed by atoms with Crippen LogP contribution >= 0.6 is 11.3 Å². The van der Waals surface area contributed by atoms with Crippen LogP contribution in [-0.4, -0.2) is 37.7 Å². The highest BCUT2D eigenvalue weighted by Crippen LogP contribution is 2.25. The third kappa shape index (κ3) is 2.39. The number of nitrogens with two attached hydrogens (primary N) is 1. The Morgan fingerprint density at radius 3 is 3.13 bits per heavy atom. The summed E-state index contributed by atoms with van der Waals surface area (Å²) in [5.41, 5.74) is 7.19. The summed E-state index contributed by atoms with van der Waals surface area (Å²) in [6, 6.07) is 3.02. The monoisotopic (exact) mass is 226 g/mol. The molecule has 0 aromatic carbocycles. The third-order valence-corrected chi connectivity index (χ3v) is 3.83. The second-order valence-electron chi connectivity index (χ2n) is 3.99. The van der Waals surface area contributed by atoms with Gasteiger partial charge in [0.1, 0.15) is 0 Å². The van der Waals surface area contributed by atoms with Crippen LogP contribution in [0.4, 0.5) is 0 Å². The SMILES string of the molecule is CN(C1CCOC1)C(CN)c1ccsc1. The minimum absolute atomic E-state index is 0.336. The summed E-state index contributed by atoms with van der Waals surface area (Å²) >= 11 is 1.73. The van der Waals surface area contributed by atoms with Gasteiger partial charge in [-0.1, -0.05) is 0 Å². The van der Waals surface area contributed by atoms with Gasteiger partial charge < -0.3 is 10.5 Å². The average molecular weight is 226 g/mol. The number of hydrogen-bond donors (Lipinski definition) is 1. The van der Waals surface area contributed by atoms with Crippen molar-refractivity contribution >= 4 is 11.3 Å². The predicted molar refractivity (Wildman–Crippen MR) is 63.1 cm³/mol. The molecule has 4 heteroatoms. The van der Waals surface area contributed by atoms with E-state index in [4.69, 9.17) is 10.5 Å². The molecule has 2 heterocycles. The summed E-state index contributed by atoms with van der Waals surface area (Å²) in [5.74, 6) is 0. The number of rotatable bonds is 4. The quantitative estimate of drug-likeness (QED) is 0.845. The fourth-order valence-corrected chi connectivity index (χ4v) is 2.81. The highest BCUT2D eigenvalue weighted by Gasteiger charge is 2.26. The molecule has 2 N–H and O–H groups in total. The Balaban J connectivity index is 2.05. The van der Waals surface area contributed by atoms with Gasteiger partial charge in [-0.3, -0.25) is 4.90 Å². The highest BCUT2D eigenvalue weighted by atomic mass is 32.1. The van der Waals surface area contributed by atoms with Crippen LogP contribution in [0.15, 0.2) is 16.8 Å². The van der Waals surface area contributed by atoms with Crippen LogP contribution in [0.3, 0.4) is 0 Å². The van der Waals surface area contributed by atoms with E-state index in [1.807, 2.05) is 0 Å². The third-order valence-electron chi connectivity index (χ3n) is 3.12. The summed E-state index contributed by atoms with van der Waals surface area (Å²) in [6.07, 6.45) is 1.12. The van der Waals surface area contributed by atoms with Crippen LogP contribution in [0.5, 0.6) is 0 Å². The molecule has 2 unspecified atom stereocenters. The number of hydrogen-bond acceptors (Lipinski definition) is 4. The van der Waals surface area contributed by atoms with E-state index in [2.05, 4.69) is 28.8 Å². The summed E-state index contributed by atoms with van der Waals surface area (Å²) < 4.78 is 5.41. The first-order chi connectivity index (χ1) is 7.33. The molecule has 3 nitrogen and oxygen atoms in total. The van der Waals surface area contributed by atoms with Gasteiger partial charge in [-0.2, -0.15) is 11.3 Å². The van der Waals surface area contributed by atoms with Crippen molar-refractivity contribution < 1.29 is 4.74 Å². The number of thiophene rings is 1. The maximum absolute atomic E-state index is 5.85. The van der Waals surface area contributed by atoms with E-state index in [-0.39, 0.29) is 0 Å². The fourth-order valence-electron chi connectivity index (χ4n) is 2.10. The maximum Gasteiger partial charge on any atom is 0.0622 e. The molecule has 1 aliphatic rings. The summed E-state index contributed by atoms with van der Waals surface area (Å²) in [5, 5.41) is 4.29. The van der Waals surface area contributed by atoms with Gasteiger partial charge >= 0.3 is 0 Å². The lowest BCUT2D eigenvalue weighted by molar-refractivity contribution is 0.134. The Labute approximate surface area is 94.8 Å². The van der Waals surface area contributed by atoms with Gasteiger partial charge in [-0.05, 0) is 35.9 Å². The molecule has 15 heavy (non-hydrogen) atoms. The van der Waals surface area contributed by atoms with Crippen molar-refractivity contribution in [2.45, 2.75) is 18.5 Å². The van der Waals surface area contributed by atoms with Gasteiger partial charge in [-0.15, -0.1) is 0 Å². The molecular weight excluding hydrogens is 208 g/mol. The van der Waals surface area contributed by atoms with Crippen molar-refractivity contribution in [3.63, 3.8) is 0 Å². The van der Waals surface area contributed by atoms with Gasteiger partial charge in [0.15, 0.2) is 0 Å². The van der Waals surface area contributed by atoms with Crippen molar-refractivity contribution in [2.24, 2.45) is 5.73 Å². The Hall–Kier alpha value is -0.420. The first-order valence-corrected chi connectivity index (χ1v) is 6.29. The van der Waals surface area contributed by atoms with Crippen molar-refractivity contribution in [3.8, 4) is 0 Å². The van der Waals surface area contributed by atoms with Gasteiger partial charge in [-0.25, -0.2) is 0 Å². The predicted octanol–water partition coefficient (Wildman–Crippen LogP) is 1.47. The molecule has 1 fully saturated rings. The average Bonchev–Trinajstić information content (AvgIpc) is 2.91. The molecule has 0 amide bonds. The lowest BCUT2D eigenvalue weighted by Crippen LogP contribution is -2.38. The van der Waals surface area contributed by atoms with Crippen LogP contribution < -0.4 is 5.73 Å². The molecule has 2 rings (SSSR count). The second kappa shape index (κ2) is 5.07. The Morgan fingerprint density at radius 1 is 1.73 bits per heavy atom. The zero-order valence-electron chi connectivity index (χ0n) is 9.06. The lowest BCUT2D eigenvalue weighted by Gasteiger charge is -2.31. The summed E-state index contributed by atoms with van der Waals surface area (Å²) in [6.45, 7) is 2.40. The number of ether oxygens (including phenoxy) is 1. The van der Waals surface area contributed by atoms with Gasteiger partial charge in [0.05, 0.1) is 6.61 Å². The van der Waals surface area contributed by atoms with E-state index < -0.39 is 0 Å². The first kappa shape index (κ1) is 11.1. The van der Waals surface area contributed by atoms with E-state index in [0.29, 0.717) is 18.6 Å². The zero-order chi connectivity index (χ0) is 10.7. The standard InChI is InChI=1S/C11H18N2OS/c1-13(10-2-4-14-7-10)11(6-12)9-3-5-15-8-9/h3,5,8,10-11H,2,4,6-7,12H2,1H3. The number of nitrogens with zero attached hydrogens (tertiary/aromatic N) is 1. The molecule has 1 aromatic rings. The minimum Gasteiger partial charge on any atom is -0.380 e. The molecule has 0 aliphatic carbocycles. The molecule has 0 spiro atoms.